The Morgan fingerprint density at radius 2 is 1.94 bits per heavy atom. The molecular formula is C12H15F2NO2. The first-order valence-electron chi connectivity index (χ1n) is 5.21. The predicted octanol–water partition coefficient (Wildman–Crippen LogP) is 1.93. The molecule has 1 aromatic carbocycles. The van der Waals surface area contributed by atoms with Crippen LogP contribution in [0.15, 0.2) is 24.3 Å². The third-order valence-electron chi connectivity index (χ3n) is 2.86. The largest absolute Gasteiger partial charge is 0.481 e. The number of aryl methyl sites for hydroxylation is 1. The number of carbonyl (C=O) groups is 1. The van der Waals surface area contributed by atoms with Crippen LogP contribution in [-0.2, 0) is 10.2 Å². The van der Waals surface area contributed by atoms with E-state index in [1.165, 1.54) is 0 Å². The second kappa shape index (κ2) is 5.23. The van der Waals surface area contributed by atoms with Crippen molar-refractivity contribution in [3.05, 3.63) is 35.4 Å². The summed E-state index contributed by atoms with van der Waals surface area (Å²) in [6, 6.07) is 6.46. The Balaban J connectivity index is 3.21. The normalized spacial score (nSPS) is 14.6. The average Bonchev–Trinajstić information content (AvgIpc) is 2.26. The van der Waals surface area contributed by atoms with Crippen LogP contribution in [0, 0.1) is 6.92 Å². The Hall–Kier alpha value is -1.49. The topological polar surface area (TPSA) is 63.3 Å². The number of nitrogens with two attached hydrogens (primary N) is 1. The summed E-state index contributed by atoms with van der Waals surface area (Å²) in [5, 5.41) is 9.18. The standard InChI is InChI=1S/C12H15F2NO2/c1-8-2-4-9(5-3-8)12(7-15,11(16)17)6-10(13)14/h2-5,10H,6-7,15H2,1H3,(H,16,17). The number of aliphatic carboxylic acids is 1. The van der Waals surface area contributed by atoms with Gasteiger partial charge in [-0.2, -0.15) is 0 Å². The van der Waals surface area contributed by atoms with Crippen LogP contribution in [-0.4, -0.2) is 24.0 Å². The molecule has 0 saturated carbocycles. The number of carboxylic acid groups (broad SMARTS) is 1. The highest BCUT2D eigenvalue weighted by Crippen LogP contribution is 2.30. The van der Waals surface area contributed by atoms with Crippen molar-refractivity contribution >= 4 is 5.97 Å². The highest BCUT2D eigenvalue weighted by molar-refractivity contribution is 5.81. The van der Waals surface area contributed by atoms with Gasteiger partial charge in [0, 0.05) is 13.0 Å². The Kier molecular flexibility index (Phi) is 4.17. The van der Waals surface area contributed by atoms with Crippen LogP contribution >= 0.6 is 0 Å². The van der Waals surface area contributed by atoms with Gasteiger partial charge in [-0.15, -0.1) is 0 Å². The van der Waals surface area contributed by atoms with Crippen molar-refractivity contribution < 1.29 is 18.7 Å². The number of rotatable bonds is 5. The number of benzene rings is 1. The molecule has 1 aromatic rings. The predicted molar refractivity (Wildman–Crippen MR) is 60.2 cm³/mol. The van der Waals surface area contributed by atoms with Crippen LogP contribution in [0.4, 0.5) is 8.78 Å². The molecule has 0 aromatic heterocycles. The molecule has 94 valence electrons. The molecule has 3 nitrogen and oxygen atoms in total. The van der Waals surface area contributed by atoms with Gasteiger partial charge in [-0.05, 0) is 12.5 Å². The summed E-state index contributed by atoms with van der Waals surface area (Å²) in [6.07, 6.45) is -3.49. The number of halogens is 2. The fraction of sp³-hybridized carbons (Fsp3) is 0.417. The van der Waals surface area contributed by atoms with E-state index in [0.29, 0.717) is 5.56 Å². The van der Waals surface area contributed by atoms with Crippen LogP contribution in [0.1, 0.15) is 17.5 Å². The van der Waals surface area contributed by atoms with Crippen LogP contribution in [0.2, 0.25) is 0 Å². The quantitative estimate of drug-likeness (QED) is 0.830. The van der Waals surface area contributed by atoms with E-state index in [-0.39, 0.29) is 6.54 Å². The number of hydrogen-bond acceptors (Lipinski definition) is 2. The molecule has 17 heavy (non-hydrogen) atoms. The molecule has 0 amide bonds. The van der Waals surface area contributed by atoms with E-state index in [0.717, 1.165) is 5.56 Å². The van der Waals surface area contributed by atoms with Crippen molar-refractivity contribution in [3.63, 3.8) is 0 Å². The van der Waals surface area contributed by atoms with E-state index in [9.17, 15) is 18.7 Å². The van der Waals surface area contributed by atoms with Gasteiger partial charge >= 0.3 is 5.97 Å². The summed E-state index contributed by atoms with van der Waals surface area (Å²) in [7, 11) is 0. The van der Waals surface area contributed by atoms with Crippen molar-refractivity contribution in [1.29, 1.82) is 0 Å². The minimum Gasteiger partial charge on any atom is -0.481 e. The number of hydrogen-bond donors (Lipinski definition) is 2. The maximum atomic E-state index is 12.5. The number of alkyl halides is 2. The molecule has 1 atom stereocenters. The molecule has 0 aliphatic heterocycles. The van der Waals surface area contributed by atoms with Gasteiger partial charge in [0.15, 0.2) is 0 Å². The van der Waals surface area contributed by atoms with E-state index in [2.05, 4.69) is 0 Å². The van der Waals surface area contributed by atoms with Gasteiger partial charge < -0.3 is 10.8 Å². The van der Waals surface area contributed by atoms with Gasteiger partial charge in [0.1, 0.15) is 5.41 Å². The molecule has 1 unspecified atom stereocenters. The summed E-state index contributed by atoms with van der Waals surface area (Å²) >= 11 is 0. The highest BCUT2D eigenvalue weighted by Gasteiger charge is 2.41. The van der Waals surface area contributed by atoms with Crippen LogP contribution < -0.4 is 5.73 Å². The summed E-state index contributed by atoms with van der Waals surface area (Å²) in [5.74, 6) is -1.32. The summed E-state index contributed by atoms with van der Waals surface area (Å²) in [6.45, 7) is 1.48. The van der Waals surface area contributed by atoms with Crippen LogP contribution in [0.25, 0.3) is 0 Å². The third kappa shape index (κ3) is 2.79. The fourth-order valence-corrected chi connectivity index (χ4v) is 1.75. The fourth-order valence-electron chi connectivity index (χ4n) is 1.75. The van der Waals surface area contributed by atoms with Crippen molar-refractivity contribution in [2.24, 2.45) is 5.73 Å². The second-order valence-corrected chi connectivity index (χ2v) is 4.05. The van der Waals surface area contributed by atoms with Gasteiger partial charge in [0.05, 0.1) is 0 Å². The lowest BCUT2D eigenvalue weighted by Crippen LogP contribution is -2.44. The molecule has 0 saturated heterocycles. The minimum atomic E-state index is -2.71. The Bertz CT molecular complexity index is 392. The molecule has 0 aliphatic rings. The molecule has 0 fully saturated rings. The molecule has 3 N–H and O–H groups in total. The van der Waals surface area contributed by atoms with Crippen molar-refractivity contribution in [2.45, 2.75) is 25.2 Å². The van der Waals surface area contributed by atoms with E-state index >= 15 is 0 Å². The van der Waals surface area contributed by atoms with E-state index in [4.69, 9.17) is 5.73 Å². The molecule has 0 spiro atoms. The zero-order valence-corrected chi connectivity index (χ0v) is 9.49. The molecule has 5 heteroatoms. The average molecular weight is 243 g/mol. The first-order chi connectivity index (χ1) is 7.92. The Labute approximate surface area is 98.2 Å². The SMILES string of the molecule is Cc1ccc(C(CN)(CC(F)F)C(=O)O)cc1. The third-order valence-corrected chi connectivity index (χ3v) is 2.86. The summed E-state index contributed by atoms with van der Waals surface area (Å²) in [4.78, 5) is 11.3. The van der Waals surface area contributed by atoms with Crippen LogP contribution in [0.3, 0.4) is 0 Å². The van der Waals surface area contributed by atoms with Gasteiger partial charge in [0.2, 0.25) is 6.43 Å². The maximum Gasteiger partial charge on any atom is 0.315 e. The molecule has 1 rings (SSSR count). The van der Waals surface area contributed by atoms with Gasteiger partial charge in [0.25, 0.3) is 0 Å². The van der Waals surface area contributed by atoms with Gasteiger partial charge in [-0.25, -0.2) is 8.78 Å². The van der Waals surface area contributed by atoms with Crippen molar-refractivity contribution in [1.82, 2.24) is 0 Å². The lowest BCUT2D eigenvalue weighted by Gasteiger charge is -2.28. The lowest BCUT2D eigenvalue weighted by molar-refractivity contribution is -0.145. The Morgan fingerprint density at radius 3 is 2.29 bits per heavy atom. The molecular weight excluding hydrogens is 228 g/mol. The highest BCUT2D eigenvalue weighted by atomic mass is 19.3. The monoisotopic (exact) mass is 243 g/mol. The molecule has 0 bridgehead atoms. The lowest BCUT2D eigenvalue weighted by atomic mass is 9.77. The van der Waals surface area contributed by atoms with E-state index in [1.807, 2.05) is 6.92 Å². The smallest absolute Gasteiger partial charge is 0.315 e. The molecule has 0 aliphatic carbocycles. The van der Waals surface area contributed by atoms with Crippen LogP contribution in [0.5, 0.6) is 0 Å². The summed E-state index contributed by atoms with van der Waals surface area (Å²) in [5.41, 5.74) is 4.96. The zero-order chi connectivity index (χ0) is 13.1. The second-order valence-electron chi connectivity index (χ2n) is 4.05. The minimum absolute atomic E-state index is 0.318. The maximum absolute atomic E-state index is 12.5. The first kappa shape index (κ1) is 13.6. The summed E-state index contributed by atoms with van der Waals surface area (Å²) < 4.78 is 25.0. The number of carboxylic acids is 1. The van der Waals surface area contributed by atoms with Gasteiger partial charge in [-0.1, -0.05) is 29.8 Å². The molecule has 0 radical (unpaired) electrons. The zero-order valence-electron chi connectivity index (χ0n) is 9.49. The van der Waals surface area contributed by atoms with Crippen molar-refractivity contribution in [2.75, 3.05) is 6.54 Å². The van der Waals surface area contributed by atoms with Gasteiger partial charge in [-0.3, -0.25) is 4.79 Å². The molecule has 0 heterocycles. The van der Waals surface area contributed by atoms with E-state index in [1.54, 1.807) is 24.3 Å². The van der Waals surface area contributed by atoms with Crippen molar-refractivity contribution in [3.8, 4) is 0 Å². The Morgan fingerprint density at radius 1 is 1.41 bits per heavy atom. The first-order valence-corrected chi connectivity index (χ1v) is 5.21. The van der Waals surface area contributed by atoms with E-state index < -0.39 is 24.2 Å².